The van der Waals surface area contributed by atoms with Gasteiger partial charge in [-0.05, 0) is 37.1 Å². The quantitative estimate of drug-likeness (QED) is 0.309. The number of aliphatic hydroxyl groups is 1. The fourth-order valence-electron chi connectivity index (χ4n) is 3.04. The molecule has 28 heavy (non-hydrogen) atoms. The van der Waals surface area contributed by atoms with Gasteiger partial charge in [-0.2, -0.15) is 5.10 Å². The van der Waals surface area contributed by atoms with E-state index >= 15 is 0 Å². The van der Waals surface area contributed by atoms with Crippen LogP contribution >= 0.6 is 24.0 Å². The van der Waals surface area contributed by atoms with E-state index in [1.807, 2.05) is 23.9 Å². The van der Waals surface area contributed by atoms with E-state index in [1.54, 1.807) is 6.20 Å². The van der Waals surface area contributed by atoms with Gasteiger partial charge in [0.1, 0.15) is 0 Å². The first kappa shape index (κ1) is 22.6. The SMILES string of the molecule is CCNC(=NCC1(O)CCOCC1)NCCc1ccc(-n2cccn2)cc1.I. The van der Waals surface area contributed by atoms with E-state index in [1.165, 1.54) is 5.56 Å². The van der Waals surface area contributed by atoms with Gasteiger partial charge >= 0.3 is 0 Å². The molecule has 8 heteroatoms. The summed E-state index contributed by atoms with van der Waals surface area (Å²) >= 11 is 0. The van der Waals surface area contributed by atoms with E-state index < -0.39 is 5.60 Å². The van der Waals surface area contributed by atoms with Crippen LogP contribution in [-0.4, -0.2) is 59.3 Å². The second-order valence-corrected chi connectivity index (χ2v) is 6.83. The summed E-state index contributed by atoms with van der Waals surface area (Å²) in [6, 6.07) is 10.3. The molecule has 1 fully saturated rings. The Kier molecular flexibility index (Phi) is 9.20. The van der Waals surface area contributed by atoms with Gasteiger partial charge in [-0.1, -0.05) is 12.1 Å². The molecule has 2 aromatic rings. The summed E-state index contributed by atoms with van der Waals surface area (Å²) in [5, 5.41) is 21.4. The third-order valence-corrected chi connectivity index (χ3v) is 4.71. The van der Waals surface area contributed by atoms with Crippen LogP contribution in [0, 0.1) is 0 Å². The van der Waals surface area contributed by atoms with Crippen LogP contribution in [-0.2, 0) is 11.2 Å². The Hall–Kier alpha value is -1.65. The second kappa shape index (κ2) is 11.4. The van der Waals surface area contributed by atoms with Crippen molar-refractivity contribution in [2.75, 3.05) is 32.8 Å². The third kappa shape index (κ3) is 6.75. The number of nitrogens with zero attached hydrogens (tertiary/aromatic N) is 3. The lowest BCUT2D eigenvalue weighted by molar-refractivity contribution is -0.0565. The average Bonchev–Trinajstić information content (AvgIpc) is 3.22. The molecule has 0 atom stereocenters. The van der Waals surface area contributed by atoms with Gasteiger partial charge in [-0.3, -0.25) is 4.99 Å². The minimum atomic E-state index is -0.747. The monoisotopic (exact) mass is 499 g/mol. The maximum Gasteiger partial charge on any atom is 0.191 e. The molecule has 0 saturated carbocycles. The first-order valence-corrected chi connectivity index (χ1v) is 9.60. The molecule has 1 aromatic carbocycles. The van der Waals surface area contributed by atoms with Gasteiger partial charge in [0.05, 0.1) is 17.8 Å². The Labute approximate surface area is 183 Å². The van der Waals surface area contributed by atoms with Crippen molar-refractivity contribution in [3.63, 3.8) is 0 Å². The van der Waals surface area contributed by atoms with Crippen molar-refractivity contribution in [2.24, 2.45) is 4.99 Å². The zero-order valence-electron chi connectivity index (χ0n) is 16.3. The number of rotatable bonds is 7. The minimum absolute atomic E-state index is 0. The molecule has 1 aromatic heterocycles. The fraction of sp³-hybridized carbons (Fsp3) is 0.500. The lowest BCUT2D eigenvalue weighted by Gasteiger charge is -2.30. The predicted octanol–water partition coefficient (Wildman–Crippen LogP) is 2.13. The molecule has 1 aliphatic heterocycles. The van der Waals surface area contributed by atoms with E-state index in [2.05, 4.69) is 45.0 Å². The van der Waals surface area contributed by atoms with Crippen LogP contribution in [0.3, 0.4) is 0 Å². The number of halogens is 1. The van der Waals surface area contributed by atoms with Crippen LogP contribution in [0.25, 0.3) is 5.69 Å². The zero-order chi connectivity index (χ0) is 19.0. The highest BCUT2D eigenvalue weighted by Crippen LogP contribution is 2.20. The molecular formula is C20H30IN5O2. The number of hydrogen-bond acceptors (Lipinski definition) is 4. The topological polar surface area (TPSA) is 83.7 Å². The summed E-state index contributed by atoms with van der Waals surface area (Å²) in [7, 11) is 0. The first-order chi connectivity index (χ1) is 13.2. The molecule has 2 heterocycles. The van der Waals surface area contributed by atoms with Crippen molar-refractivity contribution < 1.29 is 9.84 Å². The Balaban J connectivity index is 0.00000280. The van der Waals surface area contributed by atoms with Gasteiger partial charge in [-0.15, -0.1) is 24.0 Å². The fourth-order valence-corrected chi connectivity index (χ4v) is 3.04. The van der Waals surface area contributed by atoms with Crippen LogP contribution in [0.15, 0.2) is 47.7 Å². The number of nitrogens with one attached hydrogen (secondary N) is 2. The van der Waals surface area contributed by atoms with Gasteiger partial charge in [0, 0.05) is 51.5 Å². The molecule has 3 N–H and O–H groups in total. The molecule has 0 bridgehead atoms. The highest BCUT2D eigenvalue weighted by molar-refractivity contribution is 14.0. The van der Waals surface area contributed by atoms with E-state index in [4.69, 9.17) is 4.74 Å². The Bertz CT molecular complexity index is 713. The molecule has 1 saturated heterocycles. The number of aromatic nitrogens is 2. The minimum Gasteiger partial charge on any atom is -0.388 e. The van der Waals surface area contributed by atoms with Gasteiger partial charge in [-0.25, -0.2) is 4.68 Å². The van der Waals surface area contributed by atoms with E-state index in [0.29, 0.717) is 32.6 Å². The zero-order valence-corrected chi connectivity index (χ0v) is 18.6. The molecule has 0 spiro atoms. The summed E-state index contributed by atoms with van der Waals surface area (Å²) < 4.78 is 7.17. The van der Waals surface area contributed by atoms with E-state index in [0.717, 1.165) is 31.2 Å². The number of hydrogen-bond donors (Lipinski definition) is 3. The molecule has 0 unspecified atom stereocenters. The molecule has 1 aliphatic rings. The second-order valence-electron chi connectivity index (χ2n) is 6.83. The summed E-state index contributed by atoms with van der Waals surface area (Å²) in [6.07, 6.45) is 5.87. The molecule has 0 aliphatic carbocycles. The van der Waals surface area contributed by atoms with Crippen LogP contribution in [0.5, 0.6) is 0 Å². The van der Waals surface area contributed by atoms with Crippen LogP contribution < -0.4 is 10.6 Å². The van der Waals surface area contributed by atoms with Crippen molar-refractivity contribution in [3.05, 3.63) is 48.3 Å². The van der Waals surface area contributed by atoms with Gasteiger partial charge in [0.2, 0.25) is 0 Å². The van der Waals surface area contributed by atoms with E-state index in [-0.39, 0.29) is 24.0 Å². The Morgan fingerprint density at radius 3 is 2.64 bits per heavy atom. The van der Waals surface area contributed by atoms with Crippen molar-refractivity contribution in [1.29, 1.82) is 0 Å². The number of ether oxygens (including phenoxy) is 1. The molecule has 3 rings (SSSR count). The number of benzene rings is 1. The van der Waals surface area contributed by atoms with Gasteiger partial charge < -0.3 is 20.5 Å². The molecule has 0 amide bonds. The molecule has 0 radical (unpaired) electrons. The summed E-state index contributed by atoms with van der Waals surface area (Å²) in [5.74, 6) is 0.741. The largest absolute Gasteiger partial charge is 0.388 e. The predicted molar refractivity (Wildman–Crippen MR) is 122 cm³/mol. The van der Waals surface area contributed by atoms with Crippen molar-refractivity contribution >= 4 is 29.9 Å². The molecule has 7 nitrogen and oxygen atoms in total. The first-order valence-electron chi connectivity index (χ1n) is 9.60. The lowest BCUT2D eigenvalue weighted by Crippen LogP contribution is -2.43. The summed E-state index contributed by atoms with van der Waals surface area (Å²) in [6.45, 7) is 5.19. The van der Waals surface area contributed by atoms with Crippen molar-refractivity contribution in [3.8, 4) is 5.69 Å². The normalized spacial score (nSPS) is 16.3. The number of aliphatic imine (C=N–C) groups is 1. The summed E-state index contributed by atoms with van der Waals surface area (Å²) in [5.41, 5.74) is 1.55. The van der Waals surface area contributed by atoms with Crippen LogP contribution in [0.1, 0.15) is 25.3 Å². The average molecular weight is 499 g/mol. The van der Waals surface area contributed by atoms with Gasteiger partial charge in [0.25, 0.3) is 0 Å². The van der Waals surface area contributed by atoms with Crippen molar-refractivity contribution in [1.82, 2.24) is 20.4 Å². The van der Waals surface area contributed by atoms with E-state index in [9.17, 15) is 5.11 Å². The third-order valence-electron chi connectivity index (χ3n) is 4.71. The van der Waals surface area contributed by atoms with Crippen LogP contribution in [0.2, 0.25) is 0 Å². The highest BCUT2D eigenvalue weighted by atomic mass is 127. The molecule has 154 valence electrons. The standard InChI is InChI=1S/C20H29N5O2.HI/c1-2-21-19(23-16-20(26)9-14-27-15-10-20)22-12-8-17-4-6-18(7-5-17)25-13-3-11-24-25;/h3-7,11,13,26H,2,8-10,12,14-16H2,1H3,(H2,21,22,23);1H. The van der Waals surface area contributed by atoms with Crippen LogP contribution in [0.4, 0.5) is 0 Å². The van der Waals surface area contributed by atoms with Gasteiger partial charge in [0.15, 0.2) is 5.96 Å². The lowest BCUT2D eigenvalue weighted by atomic mass is 9.95. The maximum atomic E-state index is 10.5. The Morgan fingerprint density at radius 1 is 1.25 bits per heavy atom. The molecular weight excluding hydrogens is 469 g/mol. The Morgan fingerprint density at radius 2 is 2.00 bits per heavy atom. The highest BCUT2D eigenvalue weighted by Gasteiger charge is 2.29. The smallest absolute Gasteiger partial charge is 0.191 e. The van der Waals surface area contributed by atoms with Crippen molar-refractivity contribution in [2.45, 2.75) is 31.8 Å². The summed E-state index contributed by atoms with van der Waals surface area (Å²) in [4.78, 5) is 4.57. The maximum absolute atomic E-state index is 10.5. The number of guanidine groups is 1.